The Hall–Kier alpha value is -1.10. The highest BCUT2D eigenvalue weighted by Gasteiger charge is 2.42. The summed E-state index contributed by atoms with van der Waals surface area (Å²) in [5.41, 5.74) is 0. The molecule has 1 saturated heterocycles. The fraction of sp³-hybridized carbons (Fsp3) is 0.818. The summed E-state index contributed by atoms with van der Waals surface area (Å²) < 4.78 is 0. The van der Waals surface area contributed by atoms with E-state index in [0.717, 1.165) is 6.42 Å². The molecule has 5 nitrogen and oxygen atoms in total. The van der Waals surface area contributed by atoms with Gasteiger partial charge < -0.3 is 15.5 Å². The summed E-state index contributed by atoms with van der Waals surface area (Å²) in [4.78, 5) is 21.8. The zero-order valence-corrected chi connectivity index (χ0v) is 9.64. The van der Waals surface area contributed by atoms with Gasteiger partial charge in [0.25, 0.3) is 0 Å². The molecule has 0 aliphatic carbocycles. The second-order valence-corrected chi connectivity index (χ2v) is 4.54. The molecular formula is C11H19NO4. The van der Waals surface area contributed by atoms with Crippen LogP contribution in [-0.2, 0) is 9.59 Å². The number of carbonyl (C=O) groups is 2. The first-order valence-electron chi connectivity index (χ1n) is 5.65. The Bertz CT molecular complexity index is 279. The lowest BCUT2D eigenvalue weighted by Crippen LogP contribution is -2.37. The minimum absolute atomic E-state index is 0.0705. The maximum Gasteiger partial charge on any atom is 0.321 e. The van der Waals surface area contributed by atoms with Crippen molar-refractivity contribution in [3.8, 4) is 0 Å². The average molecular weight is 229 g/mol. The molecule has 92 valence electrons. The van der Waals surface area contributed by atoms with Crippen molar-refractivity contribution < 1.29 is 19.8 Å². The van der Waals surface area contributed by atoms with Crippen LogP contribution in [0.3, 0.4) is 0 Å². The van der Waals surface area contributed by atoms with Crippen LogP contribution in [0, 0.1) is 17.8 Å². The molecule has 0 aromatic rings. The molecule has 0 bridgehead atoms. The van der Waals surface area contributed by atoms with Crippen molar-refractivity contribution in [2.75, 3.05) is 6.54 Å². The molecule has 1 heterocycles. The van der Waals surface area contributed by atoms with Crippen molar-refractivity contribution in [1.82, 2.24) is 5.32 Å². The van der Waals surface area contributed by atoms with Gasteiger partial charge in [-0.2, -0.15) is 0 Å². The topological polar surface area (TPSA) is 86.6 Å². The van der Waals surface area contributed by atoms with Crippen molar-refractivity contribution in [2.24, 2.45) is 17.8 Å². The Labute approximate surface area is 94.8 Å². The van der Waals surface area contributed by atoms with Gasteiger partial charge >= 0.3 is 11.9 Å². The van der Waals surface area contributed by atoms with Gasteiger partial charge in [0.1, 0.15) is 6.04 Å². The normalized spacial score (nSPS) is 31.2. The van der Waals surface area contributed by atoms with E-state index in [1.54, 1.807) is 0 Å². The molecule has 0 amide bonds. The van der Waals surface area contributed by atoms with Gasteiger partial charge in [-0.15, -0.1) is 0 Å². The van der Waals surface area contributed by atoms with Crippen LogP contribution in [0.2, 0.25) is 0 Å². The summed E-state index contributed by atoms with van der Waals surface area (Å²) >= 11 is 0. The van der Waals surface area contributed by atoms with E-state index in [4.69, 9.17) is 10.2 Å². The first-order chi connectivity index (χ1) is 7.47. The van der Waals surface area contributed by atoms with Crippen LogP contribution in [0.4, 0.5) is 0 Å². The molecule has 0 saturated carbocycles. The van der Waals surface area contributed by atoms with Gasteiger partial charge in [-0.25, -0.2) is 0 Å². The summed E-state index contributed by atoms with van der Waals surface area (Å²) in [7, 11) is 0. The molecule has 5 heteroatoms. The van der Waals surface area contributed by atoms with Crippen LogP contribution in [0.15, 0.2) is 0 Å². The van der Waals surface area contributed by atoms with Crippen LogP contribution >= 0.6 is 0 Å². The maximum absolute atomic E-state index is 11.0. The Balaban J connectivity index is 2.78. The highest BCUT2D eigenvalue weighted by atomic mass is 16.4. The smallest absolute Gasteiger partial charge is 0.321 e. The van der Waals surface area contributed by atoms with Crippen molar-refractivity contribution in [3.63, 3.8) is 0 Å². The Morgan fingerprint density at radius 3 is 2.50 bits per heavy atom. The summed E-state index contributed by atoms with van der Waals surface area (Å²) in [5.74, 6) is -1.68. The third kappa shape index (κ3) is 2.72. The van der Waals surface area contributed by atoms with Crippen molar-refractivity contribution in [2.45, 2.75) is 32.7 Å². The fourth-order valence-electron chi connectivity index (χ4n) is 2.48. The monoisotopic (exact) mass is 229 g/mol. The predicted molar refractivity (Wildman–Crippen MR) is 58.1 cm³/mol. The molecular weight excluding hydrogens is 210 g/mol. The molecule has 0 aromatic heterocycles. The summed E-state index contributed by atoms with van der Waals surface area (Å²) in [6, 6.07) is -0.713. The lowest BCUT2D eigenvalue weighted by molar-refractivity contribution is -0.142. The van der Waals surface area contributed by atoms with E-state index in [1.165, 1.54) is 0 Å². The van der Waals surface area contributed by atoms with Crippen molar-refractivity contribution in [1.29, 1.82) is 0 Å². The zero-order chi connectivity index (χ0) is 12.3. The number of carboxylic acids is 2. The van der Waals surface area contributed by atoms with E-state index in [1.807, 2.05) is 13.8 Å². The van der Waals surface area contributed by atoms with Crippen LogP contribution in [0.5, 0.6) is 0 Å². The number of carboxylic acid groups (broad SMARTS) is 2. The van der Waals surface area contributed by atoms with E-state index in [-0.39, 0.29) is 18.3 Å². The number of nitrogens with one attached hydrogen (secondary N) is 1. The largest absolute Gasteiger partial charge is 0.481 e. The van der Waals surface area contributed by atoms with E-state index < -0.39 is 18.0 Å². The van der Waals surface area contributed by atoms with Crippen LogP contribution in [0.25, 0.3) is 0 Å². The third-order valence-corrected chi connectivity index (χ3v) is 3.60. The minimum Gasteiger partial charge on any atom is -0.481 e. The predicted octanol–water partition coefficient (Wildman–Crippen LogP) is 0.796. The van der Waals surface area contributed by atoms with E-state index >= 15 is 0 Å². The third-order valence-electron chi connectivity index (χ3n) is 3.60. The van der Waals surface area contributed by atoms with Crippen molar-refractivity contribution in [3.05, 3.63) is 0 Å². The van der Waals surface area contributed by atoms with Gasteiger partial charge in [0, 0.05) is 0 Å². The van der Waals surface area contributed by atoms with E-state index in [2.05, 4.69) is 5.32 Å². The molecule has 1 rings (SSSR count). The molecule has 0 spiro atoms. The molecule has 1 aliphatic heterocycles. The van der Waals surface area contributed by atoms with Gasteiger partial charge in [-0.1, -0.05) is 20.3 Å². The molecule has 1 aliphatic rings. The van der Waals surface area contributed by atoms with Gasteiger partial charge in [0.05, 0.1) is 6.42 Å². The van der Waals surface area contributed by atoms with Crippen molar-refractivity contribution >= 4 is 11.9 Å². The maximum atomic E-state index is 11.0. The molecule has 0 aromatic carbocycles. The standard InChI is InChI=1S/C11H19NO4/c1-3-6(2)8-5-12-10(11(15)16)7(8)4-9(13)14/h6-8,10,12H,3-5H2,1-2H3,(H,13,14)(H,15,16)/t6-,7+,8-,10+/m1/s1. The lowest BCUT2D eigenvalue weighted by Gasteiger charge is -2.24. The summed E-state index contributed by atoms with van der Waals surface area (Å²) in [5, 5.41) is 20.8. The minimum atomic E-state index is -0.947. The SMILES string of the molecule is CC[C@@H](C)[C@H]1CN[C@H](C(=O)O)[C@H]1CC(=O)O. The lowest BCUT2D eigenvalue weighted by atomic mass is 9.79. The number of hydrogen-bond donors (Lipinski definition) is 3. The quantitative estimate of drug-likeness (QED) is 0.649. The Kier molecular flexibility index (Phi) is 4.29. The molecule has 4 atom stereocenters. The van der Waals surface area contributed by atoms with E-state index in [9.17, 15) is 9.59 Å². The molecule has 16 heavy (non-hydrogen) atoms. The average Bonchev–Trinajstić information content (AvgIpc) is 2.59. The molecule has 0 unspecified atom stereocenters. The second kappa shape index (κ2) is 5.30. The Morgan fingerprint density at radius 1 is 1.44 bits per heavy atom. The molecule has 0 radical (unpaired) electrons. The first kappa shape index (κ1) is 13.0. The molecule has 3 N–H and O–H groups in total. The van der Waals surface area contributed by atoms with Gasteiger partial charge in [-0.3, -0.25) is 9.59 Å². The summed E-state index contributed by atoms with van der Waals surface area (Å²) in [6.45, 7) is 4.69. The fourth-order valence-corrected chi connectivity index (χ4v) is 2.48. The Morgan fingerprint density at radius 2 is 2.06 bits per heavy atom. The van der Waals surface area contributed by atoms with Gasteiger partial charge in [0.15, 0.2) is 0 Å². The van der Waals surface area contributed by atoms with Crippen LogP contribution in [-0.4, -0.2) is 34.7 Å². The number of rotatable bonds is 5. The second-order valence-electron chi connectivity index (χ2n) is 4.54. The van der Waals surface area contributed by atoms with Gasteiger partial charge in [-0.05, 0) is 24.3 Å². The number of hydrogen-bond acceptors (Lipinski definition) is 3. The number of aliphatic carboxylic acids is 2. The van der Waals surface area contributed by atoms with E-state index in [0.29, 0.717) is 12.5 Å². The zero-order valence-electron chi connectivity index (χ0n) is 9.64. The highest BCUT2D eigenvalue weighted by molar-refractivity contribution is 5.76. The molecule has 1 fully saturated rings. The van der Waals surface area contributed by atoms with Crippen LogP contribution in [0.1, 0.15) is 26.7 Å². The van der Waals surface area contributed by atoms with Gasteiger partial charge in [0.2, 0.25) is 0 Å². The highest BCUT2D eigenvalue weighted by Crippen LogP contribution is 2.33. The summed E-state index contributed by atoms with van der Waals surface area (Å²) in [6.07, 6.45) is 0.869. The van der Waals surface area contributed by atoms with Crippen LogP contribution < -0.4 is 5.32 Å². The first-order valence-corrected chi connectivity index (χ1v) is 5.65.